The van der Waals surface area contributed by atoms with Gasteiger partial charge in [0.25, 0.3) is 0 Å². The number of carbonyl (C=O) groups excluding carboxylic acids is 1. The second-order valence-corrected chi connectivity index (χ2v) is 16.2. The summed E-state index contributed by atoms with van der Waals surface area (Å²) in [5.41, 5.74) is 0. The highest BCUT2D eigenvalue weighted by Crippen LogP contribution is 2.59. The van der Waals surface area contributed by atoms with E-state index in [-0.39, 0.29) is 26.2 Å². The number of nitrogens with one attached hydrogen (secondary N) is 1. The van der Waals surface area contributed by atoms with Gasteiger partial charge in [-0.1, -0.05) is 34.6 Å². The first kappa shape index (κ1) is 53.5. The Morgan fingerprint density at radius 3 is 0.963 bits per heavy atom. The third-order valence-corrected chi connectivity index (χ3v) is 12.0. The highest BCUT2D eigenvalue weighted by atomic mass is 31.2. The third-order valence-electron chi connectivity index (χ3n) is 8.23. The van der Waals surface area contributed by atoms with Gasteiger partial charge in [-0.05, 0) is 32.7 Å². The van der Waals surface area contributed by atoms with Crippen molar-refractivity contribution in [1.29, 1.82) is 0 Å². The topological polar surface area (TPSA) is 313 Å². The number of nitrogens with zero attached hydrogens (tertiary/aromatic N) is 6. The van der Waals surface area contributed by atoms with Gasteiger partial charge >= 0.3 is 39.1 Å². The van der Waals surface area contributed by atoms with Crippen LogP contribution in [0, 0.1) is 0 Å². The molecule has 0 aromatic rings. The molecule has 0 aliphatic rings. The highest BCUT2D eigenvalue weighted by Gasteiger charge is 2.43. The van der Waals surface area contributed by atoms with Gasteiger partial charge in [-0.25, -0.2) is 0 Å². The van der Waals surface area contributed by atoms with E-state index < -0.39 is 89.6 Å². The summed E-state index contributed by atoms with van der Waals surface area (Å²) in [7, 11) is -10.6. The first-order valence-corrected chi connectivity index (χ1v) is 21.0. The summed E-state index contributed by atoms with van der Waals surface area (Å²) < 4.78 is 22.7. The standard InChI is InChI=1S/C16H30N4O15P2.C14H33N3/c21-11(17-5-16(36(30,31)32)37(33,34)35)6-18(1-3-19(7-12(22)23)8-13(24)25)2-4-20(9-14(26)27)10-15(28)29;1-6-15(7-2)11-13-17(10-5)14-12-16(8-3)9-4/h16H,1-10H2,(H,17,21)(H,22,23)(H,24,25)(H,26,27)(H,28,29)(H2,30,31,32)(H2,33,34,35);6-14H2,1-5H3. The molecule has 1 amide bonds. The number of rotatable bonds is 31. The van der Waals surface area contributed by atoms with Gasteiger partial charge in [-0.2, -0.15) is 0 Å². The molecule has 0 saturated carbocycles. The van der Waals surface area contributed by atoms with Crippen LogP contribution in [0.15, 0.2) is 0 Å². The Labute approximate surface area is 317 Å². The van der Waals surface area contributed by atoms with Crippen molar-refractivity contribution < 1.29 is 73.1 Å². The second-order valence-electron chi connectivity index (χ2n) is 12.2. The Morgan fingerprint density at radius 2 is 0.704 bits per heavy atom. The van der Waals surface area contributed by atoms with Crippen LogP contribution in [0.2, 0.25) is 0 Å². The number of amides is 1. The molecule has 0 aromatic carbocycles. The van der Waals surface area contributed by atoms with E-state index in [0.29, 0.717) is 0 Å². The summed E-state index contributed by atoms with van der Waals surface area (Å²) in [5.74, 6) is -6.37. The third kappa shape index (κ3) is 27.9. The molecule has 0 unspecified atom stereocenters. The minimum absolute atomic E-state index is 0.192. The van der Waals surface area contributed by atoms with Crippen LogP contribution in [0.1, 0.15) is 34.6 Å². The van der Waals surface area contributed by atoms with E-state index in [9.17, 15) is 33.1 Å². The molecule has 0 aliphatic carbocycles. The zero-order chi connectivity index (χ0) is 42.1. The zero-order valence-corrected chi connectivity index (χ0v) is 33.8. The number of hydrogen-bond acceptors (Lipinski definition) is 13. The monoisotopic (exact) mass is 823 g/mol. The van der Waals surface area contributed by atoms with Crippen LogP contribution in [-0.2, 0) is 33.1 Å². The van der Waals surface area contributed by atoms with Gasteiger partial charge in [0, 0.05) is 58.9 Å². The van der Waals surface area contributed by atoms with Gasteiger partial charge < -0.3 is 60.0 Å². The fourth-order valence-electron chi connectivity index (χ4n) is 5.00. The number of likely N-dealkylation sites (N-methyl/N-ethyl adjacent to an activating group) is 3. The average molecular weight is 824 g/mol. The fourth-order valence-corrected chi connectivity index (χ4v) is 7.23. The van der Waals surface area contributed by atoms with Crippen LogP contribution >= 0.6 is 15.2 Å². The zero-order valence-electron chi connectivity index (χ0n) is 32.0. The van der Waals surface area contributed by atoms with Crippen LogP contribution < -0.4 is 5.32 Å². The van der Waals surface area contributed by atoms with Crippen molar-refractivity contribution >= 4 is 45.0 Å². The first-order valence-electron chi connectivity index (χ1n) is 17.6. The SMILES string of the molecule is CCN(CC)CCN(CC)CCN(CC)CC.O=C(O)CN(CCN(CCN(CC(=O)O)CC(=O)O)CC(=O)NCC(P(=O)(O)O)P(=O)(O)O)CC(=O)O. The molecule has 54 heavy (non-hydrogen) atoms. The predicted octanol–water partition coefficient (Wildman–Crippen LogP) is -1.98. The molecule has 9 N–H and O–H groups in total. The van der Waals surface area contributed by atoms with Crippen LogP contribution in [0.3, 0.4) is 0 Å². The molecule has 0 fully saturated rings. The largest absolute Gasteiger partial charge is 0.480 e. The van der Waals surface area contributed by atoms with E-state index in [1.807, 2.05) is 5.32 Å². The van der Waals surface area contributed by atoms with E-state index in [4.69, 9.17) is 40.0 Å². The molecule has 0 aliphatic heterocycles. The van der Waals surface area contributed by atoms with Gasteiger partial charge in [-0.15, -0.1) is 0 Å². The summed E-state index contributed by atoms with van der Waals surface area (Å²) in [6.45, 7) is 16.7. The summed E-state index contributed by atoms with van der Waals surface area (Å²) in [5, 5.41) is 35.2. The van der Waals surface area contributed by atoms with Crippen LogP contribution in [0.5, 0.6) is 0 Å². The second kappa shape index (κ2) is 28.8. The molecule has 0 rings (SSSR count). The first-order chi connectivity index (χ1) is 25.0. The predicted molar refractivity (Wildman–Crippen MR) is 198 cm³/mol. The molecular formula is C30H63N7O15P2. The van der Waals surface area contributed by atoms with Crippen molar-refractivity contribution in [2.75, 3.05) is 124 Å². The lowest BCUT2D eigenvalue weighted by Crippen LogP contribution is -2.47. The molecule has 0 aromatic heterocycles. The number of aliphatic carboxylic acids is 4. The fraction of sp³-hybridized carbons (Fsp3) is 0.833. The summed E-state index contributed by atoms with van der Waals surface area (Å²) in [6, 6.07) is 0. The lowest BCUT2D eigenvalue weighted by atomic mass is 10.3. The Kier molecular flexibility index (Phi) is 28.5. The maximum Gasteiger partial charge on any atom is 0.342 e. The lowest BCUT2D eigenvalue weighted by molar-refractivity contribution is -0.143. The van der Waals surface area contributed by atoms with Crippen LogP contribution in [0.4, 0.5) is 0 Å². The van der Waals surface area contributed by atoms with Crippen molar-refractivity contribution in [3.63, 3.8) is 0 Å². The smallest absolute Gasteiger partial charge is 0.342 e. The van der Waals surface area contributed by atoms with Crippen molar-refractivity contribution in [2.45, 2.75) is 40.0 Å². The molecule has 318 valence electrons. The van der Waals surface area contributed by atoms with E-state index in [1.165, 1.54) is 63.8 Å². The van der Waals surface area contributed by atoms with E-state index in [1.54, 1.807) is 0 Å². The quantitative estimate of drug-likeness (QED) is 0.0342. The minimum Gasteiger partial charge on any atom is -0.480 e. The van der Waals surface area contributed by atoms with Gasteiger partial charge in [0.15, 0.2) is 5.40 Å². The Balaban J connectivity index is 0. The van der Waals surface area contributed by atoms with Gasteiger partial charge in [0.1, 0.15) is 0 Å². The minimum atomic E-state index is -5.32. The van der Waals surface area contributed by atoms with Crippen molar-refractivity contribution in [2.24, 2.45) is 0 Å². The number of carbonyl (C=O) groups is 5. The summed E-state index contributed by atoms with van der Waals surface area (Å²) in [4.78, 5) is 104. The Morgan fingerprint density at radius 1 is 0.444 bits per heavy atom. The van der Waals surface area contributed by atoms with Crippen LogP contribution in [0.25, 0.3) is 0 Å². The van der Waals surface area contributed by atoms with E-state index in [0.717, 1.165) is 9.80 Å². The molecule has 0 heterocycles. The van der Waals surface area contributed by atoms with Crippen molar-refractivity contribution in [1.82, 2.24) is 34.7 Å². The average Bonchev–Trinajstić information content (AvgIpc) is 3.03. The maximum absolute atomic E-state index is 12.3. The molecule has 0 spiro atoms. The molecule has 24 heteroatoms. The molecular weight excluding hydrogens is 760 g/mol. The van der Waals surface area contributed by atoms with E-state index in [2.05, 4.69) is 49.3 Å². The molecule has 22 nitrogen and oxygen atoms in total. The lowest BCUT2D eigenvalue weighted by Gasteiger charge is -2.28. The molecule has 0 radical (unpaired) electrons. The maximum atomic E-state index is 12.3. The van der Waals surface area contributed by atoms with Crippen LogP contribution in [-0.4, -0.2) is 229 Å². The molecule has 0 saturated heterocycles. The summed E-state index contributed by atoms with van der Waals surface area (Å²) in [6.07, 6.45) is 0. The van der Waals surface area contributed by atoms with E-state index >= 15 is 0 Å². The normalized spacial score (nSPS) is 12.2. The van der Waals surface area contributed by atoms with Gasteiger partial charge in [0.05, 0.1) is 32.7 Å². The number of carboxylic acid groups (broad SMARTS) is 4. The van der Waals surface area contributed by atoms with Crippen molar-refractivity contribution in [3.8, 4) is 0 Å². The summed E-state index contributed by atoms with van der Waals surface area (Å²) >= 11 is 0. The Bertz CT molecular complexity index is 1110. The van der Waals surface area contributed by atoms with Gasteiger partial charge in [0.2, 0.25) is 5.91 Å². The van der Waals surface area contributed by atoms with Crippen molar-refractivity contribution in [3.05, 3.63) is 0 Å². The number of carboxylic acids is 4. The number of hydrogen-bond donors (Lipinski definition) is 9. The van der Waals surface area contributed by atoms with Gasteiger partial charge in [-0.3, -0.25) is 47.8 Å². The Hall–Kier alpha value is -2.59. The highest BCUT2D eigenvalue weighted by molar-refractivity contribution is 7.70. The molecule has 0 atom stereocenters. The molecule has 0 bridgehead atoms.